The highest BCUT2D eigenvalue weighted by atomic mass is 32.1. The van der Waals surface area contributed by atoms with Gasteiger partial charge in [-0.2, -0.15) is 0 Å². The van der Waals surface area contributed by atoms with Crippen molar-refractivity contribution in [2.24, 2.45) is 0 Å². The molecule has 12 rings (SSSR count). The van der Waals surface area contributed by atoms with E-state index in [1.165, 1.54) is 53.6 Å². The lowest BCUT2D eigenvalue weighted by molar-refractivity contribution is 0.660. The number of nitrogens with zero attached hydrogens (tertiary/aromatic N) is 1. The predicted octanol–water partition coefficient (Wildman–Crippen LogP) is 16.7. The number of rotatable bonds is 6. The van der Waals surface area contributed by atoms with Gasteiger partial charge in [0.2, 0.25) is 0 Å². The van der Waals surface area contributed by atoms with Gasteiger partial charge < -0.3 is 9.32 Å². The smallest absolute Gasteiger partial charge is 0.143 e. The van der Waals surface area contributed by atoms with Crippen LogP contribution in [0.15, 0.2) is 205 Å². The van der Waals surface area contributed by atoms with Crippen molar-refractivity contribution in [1.82, 2.24) is 0 Å². The van der Waals surface area contributed by atoms with E-state index in [1.807, 2.05) is 17.4 Å². The number of hydrogen-bond donors (Lipinski definition) is 0. The summed E-state index contributed by atoms with van der Waals surface area (Å²) in [7, 11) is 0. The number of thiophene rings is 1. The lowest BCUT2D eigenvalue weighted by Crippen LogP contribution is -2.16. The van der Waals surface area contributed by atoms with E-state index < -0.39 is 0 Å². The van der Waals surface area contributed by atoms with E-state index in [0.29, 0.717) is 0 Å². The van der Waals surface area contributed by atoms with Crippen molar-refractivity contribution in [3.63, 3.8) is 0 Å². The summed E-state index contributed by atoms with van der Waals surface area (Å²) < 4.78 is 9.28. The van der Waals surface area contributed by atoms with Gasteiger partial charge in [-0.25, -0.2) is 0 Å². The zero-order valence-electron chi connectivity index (χ0n) is 33.3. The van der Waals surface area contributed by atoms with E-state index in [4.69, 9.17) is 4.42 Å². The number of para-hydroxylation sites is 1. The lowest BCUT2D eigenvalue weighted by Gasteiger charge is -2.28. The summed E-state index contributed by atoms with van der Waals surface area (Å²) in [5.41, 5.74) is 17.4. The van der Waals surface area contributed by atoms with Crippen LogP contribution in [0.3, 0.4) is 0 Å². The van der Waals surface area contributed by atoms with E-state index in [9.17, 15) is 0 Å². The summed E-state index contributed by atoms with van der Waals surface area (Å²) in [5, 5.41) is 4.90. The fraction of sp³-hybridized carbons (Fsp3) is 0.0526. The summed E-state index contributed by atoms with van der Waals surface area (Å²) >= 11 is 1.88. The van der Waals surface area contributed by atoms with E-state index in [0.717, 1.165) is 61.3 Å². The summed E-state index contributed by atoms with van der Waals surface area (Å²) in [5.74, 6) is 0. The highest BCUT2D eigenvalue weighted by molar-refractivity contribution is 7.26. The Balaban J connectivity index is 0.995. The van der Waals surface area contributed by atoms with Crippen molar-refractivity contribution in [2.45, 2.75) is 19.3 Å². The van der Waals surface area contributed by atoms with Gasteiger partial charge >= 0.3 is 0 Å². The maximum Gasteiger partial charge on any atom is 0.143 e. The Kier molecular flexibility index (Phi) is 7.79. The monoisotopic (exact) mass is 785 g/mol. The molecule has 0 saturated heterocycles. The Morgan fingerprint density at radius 1 is 0.417 bits per heavy atom. The van der Waals surface area contributed by atoms with Crippen molar-refractivity contribution in [3.05, 3.63) is 211 Å². The van der Waals surface area contributed by atoms with Gasteiger partial charge in [-0.05, 0) is 105 Å². The van der Waals surface area contributed by atoms with Crippen LogP contribution in [0.5, 0.6) is 0 Å². The van der Waals surface area contributed by atoms with Gasteiger partial charge in [0, 0.05) is 59.0 Å². The first-order chi connectivity index (χ1) is 29.5. The molecule has 11 aromatic rings. The van der Waals surface area contributed by atoms with Crippen LogP contribution in [0, 0.1) is 0 Å². The lowest BCUT2D eigenvalue weighted by atomic mass is 9.82. The third-order valence-corrected chi connectivity index (χ3v) is 13.9. The standard InChI is InChI=1S/C57H39NOS/c1-57(2)50-20-9-6-15-44(50)45-32-31-41(35-51(45)57)58(40-29-25-37(26-30-40)43-18-12-19-49-47-17-8-11-22-53(47)60-56(43)49)39-27-23-36(24-28-39)42-33-34-48-46-16-7-10-21-52(46)59-55(48)54(42)38-13-4-3-5-14-38/h3-35H,1-2H3. The van der Waals surface area contributed by atoms with Crippen molar-refractivity contribution < 1.29 is 4.42 Å². The summed E-state index contributed by atoms with van der Waals surface area (Å²) in [4.78, 5) is 2.41. The molecule has 0 bridgehead atoms. The fourth-order valence-corrected chi connectivity index (χ4v) is 11.0. The molecule has 1 aliphatic rings. The summed E-state index contributed by atoms with van der Waals surface area (Å²) in [6.45, 7) is 4.71. The molecule has 9 aromatic carbocycles. The van der Waals surface area contributed by atoms with Crippen LogP contribution >= 0.6 is 11.3 Å². The molecular weight excluding hydrogens is 747 g/mol. The molecule has 0 spiro atoms. The normalized spacial score (nSPS) is 13.0. The molecule has 0 unspecified atom stereocenters. The van der Waals surface area contributed by atoms with Crippen LogP contribution in [0.1, 0.15) is 25.0 Å². The highest BCUT2D eigenvalue weighted by Crippen LogP contribution is 2.51. The Bertz CT molecular complexity index is 3440. The number of fused-ring (bicyclic) bond motifs is 9. The molecule has 0 aliphatic heterocycles. The second kappa shape index (κ2) is 13.4. The predicted molar refractivity (Wildman–Crippen MR) is 255 cm³/mol. The largest absolute Gasteiger partial charge is 0.455 e. The molecule has 2 aromatic heterocycles. The van der Waals surface area contributed by atoms with Crippen molar-refractivity contribution in [3.8, 4) is 44.5 Å². The number of furan rings is 1. The Hall–Kier alpha value is -7.20. The van der Waals surface area contributed by atoms with E-state index in [2.05, 4.69) is 213 Å². The quantitative estimate of drug-likeness (QED) is 0.167. The van der Waals surface area contributed by atoms with Crippen LogP contribution in [-0.2, 0) is 5.41 Å². The number of anilines is 3. The van der Waals surface area contributed by atoms with Gasteiger partial charge in [0.25, 0.3) is 0 Å². The summed E-state index contributed by atoms with van der Waals surface area (Å²) in [6, 6.07) is 73.0. The topological polar surface area (TPSA) is 16.4 Å². The third kappa shape index (κ3) is 5.33. The molecule has 1 aliphatic carbocycles. The molecule has 2 nitrogen and oxygen atoms in total. The average Bonchev–Trinajstić information content (AvgIpc) is 3.95. The van der Waals surface area contributed by atoms with Gasteiger partial charge in [-0.3, -0.25) is 0 Å². The minimum absolute atomic E-state index is 0.118. The highest BCUT2D eigenvalue weighted by Gasteiger charge is 2.35. The number of benzene rings is 9. The molecule has 284 valence electrons. The zero-order valence-corrected chi connectivity index (χ0v) is 34.1. The van der Waals surface area contributed by atoms with Gasteiger partial charge in [0.05, 0.1) is 0 Å². The first-order valence-corrected chi connectivity index (χ1v) is 21.5. The molecule has 2 heterocycles. The second-order valence-corrected chi connectivity index (χ2v) is 17.5. The molecular formula is C57H39NOS. The maximum atomic E-state index is 6.63. The van der Waals surface area contributed by atoms with Gasteiger partial charge in [-0.1, -0.05) is 159 Å². The SMILES string of the molecule is CC1(C)c2ccccc2-c2ccc(N(c3ccc(-c4ccc5c(oc6ccccc65)c4-c4ccccc4)cc3)c3ccc(-c4cccc5c4sc4ccccc45)cc3)cc21. The molecule has 0 atom stereocenters. The van der Waals surface area contributed by atoms with Gasteiger partial charge in [0.1, 0.15) is 11.2 Å². The van der Waals surface area contributed by atoms with Crippen LogP contribution in [0.4, 0.5) is 17.1 Å². The van der Waals surface area contributed by atoms with Gasteiger partial charge in [-0.15, -0.1) is 11.3 Å². The molecule has 0 saturated carbocycles. The first kappa shape index (κ1) is 34.8. The van der Waals surface area contributed by atoms with Crippen LogP contribution in [-0.4, -0.2) is 0 Å². The van der Waals surface area contributed by atoms with E-state index in [1.54, 1.807) is 0 Å². The maximum absolute atomic E-state index is 6.63. The van der Waals surface area contributed by atoms with Crippen molar-refractivity contribution in [2.75, 3.05) is 4.90 Å². The van der Waals surface area contributed by atoms with E-state index in [-0.39, 0.29) is 5.41 Å². The van der Waals surface area contributed by atoms with Crippen LogP contribution in [0.25, 0.3) is 86.6 Å². The minimum atomic E-state index is -0.118. The first-order valence-electron chi connectivity index (χ1n) is 20.7. The molecule has 0 N–H and O–H groups in total. The Labute approximate surface area is 353 Å². The minimum Gasteiger partial charge on any atom is -0.455 e. The second-order valence-electron chi connectivity index (χ2n) is 16.4. The molecule has 0 fully saturated rings. The zero-order chi connectivity index (χ0) is 40.0. The third-order valence-electron chi connectivity index (χ3n) is 12.7. The molecule has 60 heavy (non-hydrogen) atoms. The van der Waals surface area contributed by atoms with E-state index >= 15 is 0 Å². The van der Waals surface area contributed by atoms with Crippen LogP contribution < -0.4 is 4.90 Å². The van der Waals surface area contributed by atoms with Crippen LogP contribution in [0.2, 0.25) is 0 Å². The Morgan fingerprint density at radius 3 is 1.82 bits per heavy atom. The number of hydrogen-bond acceptors (Lipinski definition) is 3. The fourth-order valence-electron chi connectivity index (χ4n) is 9.75. The molecule has 0 radical (unpaired) electrons. The average molecular weight is 786 g/mol. The molecule has 0 amide bonds. The van der Waals surface area contributed by atoms with Crippen molar-refractivity contribution in [1.29, 1.82) is 0 Å². The van der Waals surface area contributed by atoms with Gasteiger partial charge in [0.15, 0.2) is 0 Å². The summed E-state index contributed by atoms with van der Waals surface area (Å²) in [6.07, 6.45) is 0. The Morgan fingerprint density at radius 2 is 1.02 bits per heavy atom. The molecule has 3 heteroatoms. The van der Waals surface area contributed by atoms with Crippen molar-refractivity contribution >= 4 is 70.5 Å².